The Labute approximate surface area is 848 Å². The number of nitrogens with zero attached hydrogens (tertiary/aromatic N) is 18. The van der Waals surface area contributed by atoms with Crippen molar-refractivity contribution in [1.29, 1.82) is 15.8 Å². The highest BCUT2D eigenvalue weighted by Gasteiger charge is 2.40. The largest absolute Gasteiger partial charge is 0.506 e. The number of fused-ring (bicyclic) bond motifs is 3. The standard InChI is InChI=1S/3C32H27Cl4FN6O3/c3*1-6-20(44)42-10-9-41(13-16(42)5)29-17-11-19(33)27(21-22(34)23(35)25(37)24(36)30(21)45)40-31(17)43(32(46)18(29)12-38)28-15(4)7-8-39-26(28)14(2)3/h3*6-8,11,14,16,45H,1,9-10,13H2,2-5H3/t3*16-/m111/s1. The van der Waals surface area contributed by atoms with E-state index in [1.54, 1.807) is 72.3 Å². The first-order valence-corrected chi connectivity index (χ1v) is 46.9. The minimum absolute atomic E-state index is 0.0562. The monoisotopic (exact) mass is 2110 g/mol. The van der Waals surface area contributed by atoms with Gasteiger partial charge >= 0.3 is 0 Å². The lowest BCUT2D eigenvalue weighted by molar-refractivity contribution is -0.129. The van der Waals surface area contributed by atoms with E-state index in [0.29, 0.717) is 86.6 Å². The van der Waals surface area contributed by atoms with E-state index >= 15 is 0 Å². The van der Waals surface area contributed by atoms with E-state index in [0.717, 1.165) is 0 Å². The van der Waals surface area contributed by atoms with Crippen LogP contribution in [-0.2, 0) is 14.4 Å². The van der Waals surface area contributed by atoms with E-state index in [4.69, 9.17) is 154 Å². The van der Waals surface area contributed by atoms with Crippen LogP contribution in [0.4, 0.5) is 30.2 Å². The molecule has 3 aliphatic rings. The molecule has 0 radical (unpaired) electrons. The van der Waals surface area contributed by atoms with Crippen molar-refractivity contribution in [2.45, 2.75) is 119 Å². The second-order valence-electron chi connectivity index (χ2n) is 33.6. The Morgan fingerprint density at radius 2 is 0.630 bits per heavy atom. The predicted molar refractivity (Wildman–Crippen MR) is 538 cm³/mol. The second-order valence-corrected chi connectivity index (χ2v) is 38.2. The van der Waals surface area contributed by atoms with Crippen molar-refractivity contribution in [2.24, 2.45) is 0 Å². The van der Waals surface area contributed by atoms with Gasteiger partial charge in [-0.1, -0.05) is 200 Å². The molecule has 0 unspecified atom stereocenters. The number of benzene rings is 3. The minimum atomic E-state index is -1.12. The van der Waals surface area contributed by atoms with Crippen LogP contribution < -0.4 is 31.4 Å². The number of aromatic nitrogens is 9. The van der Waals surface area contributed by atoms with E-state index in [-0.39, 0.29) is 192 Å². The fraction of sp³-hybridized carbons (Fsp3) is 0.281. The van der Waals surface area contributed by atoms with Crippen LogP contribution in [0.1, 0.15) is 131 Å². The number of amides is 3. The minimum Gasteiger partial charge on any atom is -0.506 e. The number of aryl methyl sites for hydroxylation is 3. The molecule has 12 aromatic rings. The number of rotatable bonds is 15. The fourth-order valence-corrected chi connectivity index (χ4v) is 20.2. The topological polar surface area (TPSA) is 346 Å². The van der Waals surface area contributed by atoms with Crippen LogP contribution >= 0.6 is 139 Å². The van der Waals surface area contributed by atoms with E-state index in [1.165, 1.54) is 50.1 Å². The highest BCUT2D eigenvalue weighted by molar-refractivity contribution is 6.49. The number of piperazine rings is 3. The molecule has 0 bridgehead atoms. The molecule has 3 fully saturated rings. The Morgan fingerprint density at radius 3 is 0.833 bits per heavy atom. The van der Waals surface area contributed by atoms with Gasteiger partial charge in [0.1, 0.15) is 84.2 Å². The van der Waals surface area contributed by atoms with Crippen molar-refractivity contribution in [3.8, 4) is 86.3 Å². The molecule has 0 spiro atoms. The summed E-state index contributed by atoms with van der Waals surface area (Å²) < 4.78 is 47.7. The van der Waals surface area contributed by atoms with Crippen molar-refractivity contribution in [1.82, 2.24) is 58.3 Å². The summed E-state index contributed by atoms with van der Waals surface area (Å²) in [5, 5.41) is 60.0. The molecule has 3 amide bonds. The molecular formula is C96H81Cl12F3N18O9. The number of carbonyl (C=O) groups is 3. The summed E-state index contributed by atoms with van der Waals surface area (Å²) in [7, 11) is 0. The lowest BCUT2D eigenvalue weighted by atomic mass is 10.0. The maximum Gasteiger partial charge on any atom is 0.276 e. The van der Waals surface area contributed by atoms with Gasteiger partial charge in [-0.2, -0.15) is 15.8 Å². The molecule has 12 heterocycles. The first kappa shape index (κ1) is 104. The maximum atomic E-state index is 14.6. The molecule has 15 rings (SSSR count). The normalized spacial score (nSPS) is 15.0. The molecule has 3 atom stereocenters. The van der Waals surface area contributed by atoms with Gasteiger partial charge in [0, 0.05) is 112 Å². The Morgan fingerprint density at radius 1 is 0.399 bits per heavy atom. The SMILES string of the molecule is C=CC(=O)N1CCN(c2c(C#N)c(=O)n(-c3c(C)ccnc3C(C)C)c3nc(-c4c(O)c(Cl)c(F)c(Cl)c4Cl)c(Cl)cc23)C[C@H]1C.C=CC(=O)N1CCN(c2c(C#N)c(=O)n(-c3c(C)ccnc3C(C)C)c3nc(-c4c(O)c(Cl)c(F)c(Cl)c4Cl)c(Cl)cc23)C[C@H]1C.C=CC(=O)N1CCN(c2c(C#N)c(=O)n(-c3c(C)ccnc3C(C)C)c3nc(-c4c(O)c(Cl)c(F)c(Cl)c4Cl)c(Cl)cc23)C[C@H]1C. The van der Waals surface area contributed by atoms with Gasteiger partial charge in [0.15, 0.2) is 17.5 Å². The average molecular weight is 2110 g/mol. The van der Waals surface area contributed by atoms with Crippen LogP contribution in [0, 0.1) is 72.2 Å². The zero-order valence-electron chi connectivity index (χ0n) is 75.4. The molecule has 3 saturated heterocycles. The number of carbonyl (C=O) groups excluding carboxylic acids is 3. The van der Waals surface area contributed by atoms with Crippen molar-refractivity contribution < 1.29 is 42.9 Å². The molecule has 9 aromatic heterocycles. The lowest BCUT2D eigenvalue weighted by Crippen LogP contribution is -2.54. The van der Waals surface area contributed by atoms with Gasteiger partial charge in [-0.05, 0) is 131 Å². The number of hydrogen-bond donors (Lipinski definition) is 3. The first-order valence-electron chi connectivity index (χ1n) is 42.4. The van der Waals surface area contributed by atoms with Crippen molar-refractivity contribution in [3.05, 3.63) is 252 Å². The molecule has 138 heavy (non-hydrogen) atoms. The average Bonchev–Trinajstić information content (AvgIpc) is 0.726. The van der Waals surface area contributed by atoms with Crippen LogP contribution in [0.2, 0.25) is 60.3 Å². The van der Waals surface area contributed by atoms with Gasteiger partial charge in [-0.3, -0.25) is 57.4 Å². The molecular weight excluding hydrogens is 2030 g/mol. The second kappa shape index (κ2) is 41.4. The van der Waals surface area contributed by atoms with Gasteiger partial charge in [-0.25, -0.2) is 28.1 Å². The summed E-state index contributed by atoms with van der Waals surface area (Å²) in [6.45, 7) is 35.8. The van der Waals surface area contributed by atoms with Gasteiger partial charge in [0.2, 0.25) is 17.7 Å². The number of phenolic OH excluding ortho intramolecular Hbond substituents is 3. The number of halogens is 15. The predicted octanol–water partition coefficient (Wildman–Crippen LogP) is 22.3. The van der Waals surface area contributed by atoms with Crippen LogP contribution in [0.15, 0.2) is 107 Å². The molecule has 3 aliphatic heterocycles. The van der Waals surface area contributed by atoms with Crippen LogP contribution in [-0.4, -0.2) is 168 Å². The zero-order chi connectivity index (χ0) is 101. The van der Waals surface area contributed by atoms with E-state index in [1.807, 2.05) is 77.0 Å². The molecule has 714 valence electrons. The van der Waals surface area contributed by atoms with Crippen molar-refractivity contribution in [2.75, 3.05) is 73.6 Å². The Hall–Kier alpha value is -11.6. The van der Waals surface area contributed by atoms with Crippen LogP contribution in [0.5, 0.6) is 17.2 Å². The van der Waals surface area contributed by atoms with E-state index in [2.05, 4.69) is 52.9 Å². The lowest BCUT2D eigenvalue weighted by Gasteiger charge is -2.41. The van der Waals surface area contributed by atoms with Crippen LogP contribution in [0.25, 0.3) is 83.9 Å². The molecule has 0 saturated carbocycles. The maximum absolute atomic E-state index is 14.6. The zero-order valence-corrected chi connectivity index (χ0v) is 84.5. The quantitative estimate of drug-likeness (QED) is 0.0487. The highest BCUT2D eigenvalue weighted by Crippen LogP contribution is 2.54. The first-order chi connectivity index (χ1) is 65.2. The summed E-state index contributed by atoms with van der Waals surface area (Å²) >= 11 is 76.2. The Bertz CT molecular complexity index is 6790. The van der Waals surface area contributed by atoms with Gasteiger partial charge in [0.05, 0.1) is 130 Å². The fourth-order valence-electron chi connectivity index (χ4n) is 17.4. The van der Waals surface area contributed by atoms with Crippen molar-refractivity contribution in [3.63, 3.8) is 0 Å². The third kappa shape index (κ3) is 18.3. The number of pyridine rings is 9. The number of aromatic hydroxyl groups is 3. The van der Waals surface area contributed by atoms with Crippen LogP contribution in [0.3, 0.4) is 0 Å². The molecule has 27 nitrogen and oxygen atoms in total. The Kier molecular flexibility index (Phi) is 31.1. The Balaban J connectivity index is 0.000000175. The summed E-state index contributed by atoms with van der Waals surface area (Å²) in [5.74, 6) is -6.74. The smallest absolute Gasteiger partial charge is 0.276 e. The number of hydrogen-bond acceptors (Lipinski definition) is 21. The number of anilines is 3. The summed E-state index contributed by atoms with van der Waals surface area (Å²) in [6.07, 6.45) is 8.61. The molecule has 3 aromatic carbocycles. The van der Waals surface area contributed by atoms with E-state index < -0.39 is 96.6 Å². The number of phenols is 3. The van der Waals surface area contributed by atoms with Gasteiger partial charge in [0.25, 0.3) is 16.7 Å². The van der Waals surface area contributed by atoms with Crippen molar-refractivity contribution >= 4 is 207 Å². The van der Waals surface area contributed by atoms with Gasteiger partial charge in [-0.15, -0.1) is 0 Å². The summed E-state index contributed by atoms with van der Waals surface area (Å²) in [6, 6.07) is 15.1. The van der Waals surface area contributed by atoms with Gasteiger partial charge < -0.3 is 44.7 Å². The molecule has 42 heteroatoms. The molecule has 3 N–H and O–H groups in total. The highest BCUT2D eigenvalue weighted by atomic mass is 35.5. The summed E-state index contributed by atoms with van der Waals surface area (Å²) in [5.41, 5.74) is 2.31. The summed E-state index contributed by atoms with van der Waals surface area (Å²) in [4.78, 5) is 119. The third-order valence-electron chi connectivity index (χ3n) is 24.0. The third-order valence-corrected chi connectivity index (χ3v) is 28.4. The van der Waals surface area contributed by atoms with E-state index in [9.17, 15) is 73.0 Å². The molecule has 0 aliphatic carbocycles. The number of nitriles is 3.